The van der Waals surface area contributed by atoms with E-state index in [0.29, 0.717) is 0 Å². The fraction of sp³-hybridized carbons (Fsp3) is 0.750. The van der Waals surface area contributed by atoms with Gasteiger partial charge in [-0.1, -0.05) is 12.8 Å². The van der Waals surface area contributed by atoms with Gasteiger partial charge in [-0.25, -0.2) is 9.59 Å². The molecule has 0 atom stereocenters. The van der Waals surface area contributed by atoms with Crippen LogP contribution in [0.25, 0.3) is 0 Å². The van der Waals surface area contributed by atoms with E-state index in [-0.39, 0.29) is 18.5 Å². The summed E-state index contributed by atoms with van der Waals surface area (Å²) in [6.07, 6.45) is 4.19. The molecule has 0 heterocycles. The van der Waals surface area contributed by atoms with Gasteiger partial charge in [-0.05, 0) is 26.7 Å². The first-order valence-corrected chi connectivity index (χ1v) is 6.40. The van der Waals surface area contributed by atoms with E-state index in [9.17, 15) is 14.4 Å². The van der Waals surface area contributed by atoms with Crippen molar-refractivity contribution in [2.24, 2.45) is 0 Å². The fourth-order valence-corrected chi connectivity index (χ4v) is 1.89. The maximum atomic E-state index is 11.5. The lowest BCUT2D eigenvalue weighted by atomic mass is 10.1. The van der Waals surface area contributed by atoms with Gasteiger partial charge in [0.2, 0.25) is 5.91 Å². The van der Waals surface area contributed by atoms with Gasteiger partial charge in [-0.15, -0.1) is 0 Å². The van der Waals surface area contributed by atoms with Crippen LogP contribution in [0.5, 0.6) is 0 Å². The zero-order valence-electron chi connectivity index (χ0n) is 11.3. The van der Waals surface area contributed by atoms with Gasteiger partial charge in [0.05, 0.1) is 6.54 Å². The Labute approximate surface area is 112 Å². The second-order valence-corrected chi connectivity index (χ2v) is 5.29. The number of hydrogen-bond acceptors (Lipinski definition) is 3. The van der Waals surface area contributed by atoms with Crippen molar-refractivity contribution >= 4 is 17.9 Å². The first-order valence-electron chi connectivity index (χ1n) is 6.40. The number of rotatable bonds is 5. The molecule has 0 aromatic carbocycles. The predicted molar refractivity (Wildman–Crippen MR) is 68.6 cm³/mol. The highest BCUT2D eigenvalue weighted by molar-refractivity contribution is 5.88. The molecule has 0 aliphatic heterocycles. The topological polar surface area (TPSA) is 108 Å². The monoisotopic (exact) mass is 271 g/mol. The Morgan fingerprint density at radius 3 is 2.32 bits per heavy atom. The Bertz CT molecular complexity index is 362. The van der Waals surface area contributed by atoms with E-state index < -0.39 is 17.5 Å². The summed E-state index contributed by atoms with van der Waals surface area (Å²) in [4.78, 5) is 33.8. The van der Waals surface area contributed by atoms with Crippen molar-refractivity contribution in [1.29, 1.82) is 0 Å². The molecule has 1 aliphatic carbocycles. The lowest BCUT2D eigenvalue weighted by Gasteiger charge is -2.21. The van der Waals surface area contributed by atoms with E-state index in [0.717, 1.165) is 25.7 Å². The maximum Gasteiger partial charge on any atom is 0.328 e. The van der Waals surface area contributed by atoms with Crippen LogP contribution in [0.2, 0.25) is 0 Å². The van der Waals surface area contributed by atoms with E-state index in [1.54, 1.807) is 0 Å². The van der Waals surface area contributed by atoms with Crippen LogP contribution in [0.15, 0.2) is 0 Å². The molecule has 0 aromatic heterocycles. The molecule has 0 radical (unpaired) electrons. The van der Waals surface area contributed by atoms with Gasteiger partial charge in [0, 0.05) is 6.04 Å². The number of nitrogens with one attached hydrogen (secondary N) is 3. The van der Waals surface area contributed by atoms with Crippen LogP contribution >= 0.6 is 0 Å². The summed E-state index contributed by atoms with van der Waals surface area (Å²) in [5.74, 6) is -1.40. The lowest BCUT2D eigenvalue weighted by molar-refractivity contribution is -0.142. The van der Waals surface area contributed by atoms with Crippen LogP contribution in [-0.2, 0) is 9.59 Å². The summed E-state index contributed by atoms with van der Waals surface area (Å²) in [6, 6.07) is -0.471. The van der Waals surface area contributed by atoms with Crippen molar-refractivity contribution in [1.82, 2.24) is 16.0 Å². The van der Waals surface area contributed by atoms with E-state index in [1.165, 1.54) is 13.8 Å². The van der Waals surface area contributed by atoms with Gasteiger partial charge in [0.25, 0.3) is 0 Å². The Morgan fingerprint density at radius 1 is 1.21 bits per heavy atom. The minimum Gasteiger partial charge on any atom is -0.480 e. The molecule has 1 fully saturated rings. The smallest absolute Gasteiger partial charge is 0.328 e. The number of carboxylic acids is 1. The summed E-state index contributed by atoms with van der Waals surface area (Å²) >= 11 is 0. The highest BCUT2D eigenvalue weighted by atomic mass is 16.4. The molecular formula is C12H21N3O4. The normalized spacial score (nSPS) is 15.9. The minimum atomic E-state index is -1.37. The van der Waals surface area contributed by atoms with E-state index >= 15 is 0 Å². The molecule has 7 nitrogen and oxygen atoms in total. The Morgan fingerprint density at radius 2 is 1.79 bits per heavy atom. The number of carboxylic acid groups (broad SMARTS) is 1. The first-order chi connectivity index (χ1) is 8.81. The van der Waals surface area contributed by atoms with E-state index in [4.69, 9.17) is 5.11 Å². The van der Waals surface area contributed by atoms with E-state index in [2.05, 4.69) is 16.0 Å². The van der Waals surface area contributed by atoms with Crippen LogP contribution in [0.1, 0.15) is 39.5 Å². The van der Waals surface area contributed by atoms with Crippen LogP contribution in [-0.4, -0.2) is 41.1 Å². The zero-order chi connectivity index (χ0) is 14.5. The molecule has 1 aliphatic rings. The Hall–Kier alpha value is -1.79. The number of hydrogen-bond donors (Lipinski definition) is 4. The summed E-state index contributed by atoms with van der Waals surface area (Å²) in [6.45, 7) is 2.58. The molecule has 0 spiro atoms. The van der Waals surface area contributed by atoms with Gasteiger partial charge >= 0.3 is 12.0 Å². The van der Waals surface area contributed by atoms with Crippen molar-refractivity contribution in [2.45, 2.75) is 51.1 Å². The zero-order valence-corrected chi connectivity index (χ0v) is 11.3. The largest absolute Gasteiger partial charge is 0.480 e. The Balaban J connectivity index is 2.25. The molecule has 4 N–H and O–H groups in total. The molecule has 108 valence electrons. The molecule has 0 aromatic rings. The summed E-state index contributed by atoms with van der Waals surface area (Å²) < 4.78 is 0. The summed E-state index contributed by atoms with van der Waals surface area (Å²) in [7, 11) is 0. The molecule has 0 saturated heterocycles. The number of carbonyl (C=O) groups excluding carboxylic acids is 2. The van der Waals surface area contributed by atoms with Crippen LogP contribution in [0.3, 0.4) is 0 Å². The van der Waals surface area contributed by atoms with Crippen molar-refractivity contribution < 1.29 is 19.5 Å². The van der Waals surface area contributed by atoms with Gasteiger partial charge in [0.15, 0.2) is 0 Å². The molecular weight excluding hydrogens is 250 g/mol. The van der Waals surface area contributed by atoms with Crippen LogP contribution < -0.4 is 16.0 Å². The van der Waals surface area contributed by atoms with Crippen LogP contribution in [0, 0.1) is 0 Å². The fourth-order valence-electron chi connectivity index (χ4n) is 1.89. The molecule has 19 heavy (non-hydrogen) atoms. The van der Waals surface area contributed by atoms with Crippen molar-refractivity contribution in [3.63, 3.8) is 0 Å². The SMILES string of the molecule is CC(C)(NC(=O)NCC(=O)NC1CCCC1)C(=O)O. The molecule has 7 heteroatoms. The maximum absolute atomic E-state index is 11.5. The van der Waals surface area contributed by atoms with E-state index in [1.807, 2.05) is 0 Å². The second kappa shape index (κ2) is 6.40. The van der Waals surface area contributed by atoms with Crippen molar-refractivity contribution in [3.05, 3.63) is 0 Å². The summed E-state index contributed by atoms with van der Waals surface area (Å²) in [5, 5.41) is 16.3. The average molecular weight is 271 g/mol. The van der Waals surface area contributed by atoms with Gasteiger partial charge < -0.3 is 21.1 Å². The summed E-state index contributed by atoms with van der Waals surface area (Å²) in [5.41, 5.74) is -1.37. The Kier molecular flexibility index (Phi) is 5.14. The minimum absolute atomic E-state index is 0.155. The van der Waals surface area contributed by atoms with Gasteiger partial charge in [-0.2, -0.15) is 0 Å². The lowest BCUT2D eigenvalue weighted by Crippen LogP contribution is -2.54. The third kappa shape index (κ3) is 5.15. The van der Waals surface area contributed by atoms with Gasteiger partial charge in [-0.3, -0.25) is 4.79 Å². The number of amides is 3. The van der Waals surface area contributed by atoms with Crippen molar-refractivity contribution in [2.75, 3.05) is 6.54 Å². The molecule has 3 amide bonds. The number of aliphatic carboxylic acids is 1. The molecule has 1 rings (SSSR count). The third-order valence-electron chi connectivity index (χ3n) is 3.09. The van der Waals surface area contributed by atoms with Crippen LogP contribution in [0.4, 0.5) is 4.79 Å². The van der Waals surface area contributed by atoms with Crippen molar-refractivity contribution in [3.8, 4) is 0 Å². The highest BCUT2D eigenvalue weighted by Gasteiger charge is 2.29. The van der Waals surface area contributed by atoms with Gasteiger partial charge in [0.1, 0.15) is 5.54 Å². The molecule has 1 saturated carbocycles. The number of carbonyl (C=O) groups is 3. The number of urea groups is 1. The molecule has 0 bridgehead atoms. The average Bonchev–Trinajstić information content (AvgIpc) is 2.78. The first kappa shape index (κ1) is 15.3. The second-order valence-electron chi connectivity index (χ2n) is 5.29. The highest BCUT2D eigenvalue weighted by Crippen LogP contribution is 2.17. The quantitative estimate of drug-likeness (QED) is 0.573. The predicted octanol–water partition coefficient (Wildman–Crippen LogP) is 0.208. The third-order valence-corrected chi connectivity index (χ3v) is 3.09. The molecule has 0 unspecified atom stereocenters. The standard InChI is InChI=1S/C12H21N3O4/c1-12(2,10(17)18)15-11(19)13-7-9(16)14-8-5-3-4-6-8/h8H,3-7H2,1-2H3,(H,14,16)(H,17,18)(H2,13,15,19).